The molecule has 0 aliphatic carbocycles. The van der Waals surface area contributed by atoms with Crippen LogP contribution in [0.25, 0.3) is 17.0 Å². The zero-order valence-electron chi connectivity index (χ0n) is 20.5. The molecule has 3 aromatic carbocycles. The Balaban J connectivity index is 1.59. The van der Waals surface area contributed by atoms with E-state index in [1.807, 2.05) is 49.1 Å². The number of nitrogens with one attached hydrogen (secondary N) is 1. The van der Waals surface area contributed by atoms with Crippen molar-refractivity contribution >= 4 is 22.9 Å². The van der Waals surface area contributed by atoms with E-state index < -0.39 is 0 Å². The van der Waals surface area contributed by atoms with Crippen molar-refractivity contribution in [2.24, 2.45) is 0 Å². The molecule has 0 saturated heterocycles. The summed E-state index contributed by atoms with van der Waals surface area (Å²) in [5.41, 5.74) is 6.52. The SMILES string of the molecule is CCc1ccc(C2NC(=S)N(Cc3ccccc3F)C(C)=C2c2nc(-c3ccc(C)cc3)no2)cc1. The van der Waals surface area contributed by atoms with E-state index in [9.17, 15) is 4.39 Å². The Morgan fingerprint density at radius 3 is 2.42 bits per heavy atom. The van der Waals surface area contributed by atoms with E-state index in [0.717, 1.165) is 34.4 Å². The van der Waals surface area contributed by atoms with Crippen LogP contribution < -0.4 is 5.32 Å². The van der Waals surface area contributed by atoms with Crippen molar-refractivity contribution in [3.63, 3.8) is 0 Å². The highest BCUT2D eigenvalue weighted by molar-refractivity contribution is 7.80. The van der Waals surface area contributed by atoms with Crippen LogP contribution in [0.5, 0.6) is 0 Å². The van der Waals surface area contributed by atoms with Gasteiger partial charge < -0.3 is 14.7 Å². The van der Waals surface area contributed by atoms with Gasteiger partial charge in [0.1, 0.15) is 5.82 Å². The Kier molecular flexibility index (Phi) is 6.65. The zero-order valence-corrected chi connectivity index (χ0v) is 21.3. The monoisotopic (exact) mass is 498 g/mol. The molecule has 0 fully saturated rings. The molecule has 4 aromatic rings. The zero-order chi connectivity index (χ0) is 25.2. The van der Waals surface area contributed by atoms with Gasteiger partial charge in [-0.25, -0.2) is 4.39 Å². The summed E-state index contributed by atoms with van der Waals surface area (Å²) in [5.74, 6) is 0.645. The molecule has 0 saturated carbocycles. The lowest BCUT2D eigenvalue weighted by Crippen LogP contribution is -2.45. The minimum absolute atomic E-state index is 0.272. The fraction of sp³-hybridized carbons (Fsp3) is 0.207. The molecule has 7 heteroatoms. The Hall–Kier alpha value is -3.84. The van der Waals surface area contributed by atoms with Gasteiger partial charge in [-0.1, -0.05) is 84.4 Å². The second-order valence-corrected chi connectivity index (χ2v) is 9.33. The Morgan fingerprint density at radius 2 is 1.72 bits per heavy atom. The number of nitrogens with zero attached hydrogens (tertiary/aromatic N) is 3. The quantitative estimate of drug-likeness (QED) is 0.302. The molecule has 1 N–H and O–H groups in total. The molecule has 0 bridgehead atoms. The molecule has 0 radical (unpaired) electrons. The van der Waals surface area contributed by atoms with Crippen LogP contribution in [0, 0.1) is 12.7 Å². The lowest BCUT2D eigenvalue weighted by atomic mass is 9.93. The summed E-state index contributed by atoms with van der Waals surface area (Å²) in [7, 11) is 0. The third-order valence-corrected chi connectivity index (χ3v) is 6.91. The van der Waals surface area contributed by atoms with Gasteiger partial charge in [0, 0.05) is 16.8 Å². The van der Waals surface area contributed by atoms with E-state index in [-0.39, 0.29) is 18.4 Å². The van der Waals surface area contributed by atoms with Crippen LogP contribution in [0.15, 0.2) is 83.0 Å². The Labute approximate surface area is 215 Å². The van der Waals surface area contributed by atoms with Crippen molar-refractivity contribution in [2.45, 2.75) is 39.8 Å². The molecule has 182 valence electrons. The normalized spacial score (nSPS) is 15.8. The van der Waals surface area contributed by atoms with E-state index in [1.54, 1.807) is 12.1 Å². The predicted molar refractivity (Wildman–Crippen MR) is 143 cm³/mol. The van der Waals surface area contributed by atoms with Gasteiger partial charge in [-0.3, -0.25) is 0 Å². The summed E-state index contributed by atoms with van der Waals surface area (Å²) >= 11 is 5.76. The molecule has 5 rings (SSSR count). The Bertz CT molecular complexity index is 1430. The van der Waals surface area contributed by atoms with Crippen molar-refractivity contribution in [2.75, 3.05) is 0 Å². The minimum atomic E-state index is -0.286. The van der Waals surface area contributed by atoms with Crippen LogP contribution in [-0.2, 0) is 13.0 Å². The minimum Gasteiger partial charge on any atom is -0.351 e. The van der Waals surface area contributed by atoms with Crippen molar-refractivity contribution in [1.82, 2.24) is 20.4 Å². The fourth-order valence-electron chi connectivity index (χ4n) is 4.39. The third kappa shape index (κ3) is 4.66. The molecular formula is C29H27FN4OS. The van der Waals surface area contributed by atoms with E-state index in [1.165, 1.54) is 11.6 Å². The number of hydrogen-bond acceptors (Lipinski definition) is 4. The second kappa shape index (κ2) is 10.0. The number of allylic oxidation sites excluding steroid dienone is 1. The standard InChI is InChI=1S/C29H27FN4OS/c1-4-20-11-15-21(16-12-20)26-25(28-32-27(33-35-28)22-13-9-18(2)10-14-22)19(3)34(29(36)31-26)17-23-7-5-6-8-24(23)30/h5-16,26H,4,17H2,1-3H3,(H,31,36). The number of hydrogen-bond donors (Lipinski definition) is 1. The predicted octanol–water partition coefficient (Wildman–Crippen LogP) is 6.61. The maximum Gasteiger partial charge on any atom is 0.258 e. The maximum atomic E-state index is 14.5. The van der Waals surface area contributed by atoms with E-state index in [4.69, 9.17) is 21.7 Å². The van der Waals surface area contributed by atoms with Crippen molar-refractivity contribution in [1.29, 1.82) is 0 Å². The van der Waals surface area contributed by atoms with Crippen LogP contribution in [-0.4, -0.2) is 20.2 Å². The number of aryl methyl sites for hydroxylation is 2. The first-order valence-electron chi connectivity index (χ1n) is 12.0. The summed E-state index contributed by atoms with van der Waals surface area (Å²) < 4.78 is 20.3. The molecule has 1 aliphatic rings. The van der Waals surface area contributed by atoms with Gasteiger partial charge in [0.25, 0.3) is 5.89 Å². The molecule has 1 unspecified atom stereocenters. The summed E-state index contributed by atoms with van der Waals surface area (Å²) in [6.45, 7) is 6.42. The molecule has 0 spiro atoms. The van der Waals surface area contributed by atoms with Crippen LogP contribution in [0.1, 0.15) is 48.0 Å². The smallest absolute Gasteiger partial charge is 0.258 e. The van der Waals surface area contributed by atoms with Gasteiger partial charge in [0.05, 0.1) is 18.2 Å². The first-order chi connectivity index (χ1) is 17.4. The van der Waals surface area contributed by atoms with Gasteiger partial charge in [0.15, 0.2) is 5.11 Å². The van der Waals surface area contributed by atoms with Gasteiger partial charge in [-0.15, -0.1) is 0 Å². The number of halogens is 1. The number of thiocarbonyl (C=S) groups is 1. The van der Waals surface area contributed by atoms with Gasteiger partial charge >= 0.3 is 0 Å². The summed E-state index contributed by atoms with van der Waals surface area (Å²) in [6, 6.07) is 22.9. The lowest BCUT2D eigenvalue weighted by Gasteiger charge is -2.37. The highest BCUT2D eigenvalue weighted by Crippen LogP contribution is 2.38. The van der Waals surface area contributed by atoms with Gasteiger partial charge in [-0.2, -0.15) is 4.98 Å². The molecule has 0 amide bonds. The van der Waals surface area contributed by atoms with Crippen LogP contribution >= 0.6 is 12.2 Å². The fourth-order valence-corrected chi connectivity index (χ4v) is 4.71. The number of aromatic nitrogens is 2. The lowest BCUT2D eigenvalue weighted by molar-refractivity contribution is 0.395. The van der Waals surface area contributed by atoms with E-state index in [2.05, 4.69) is 41.7 Å². The second-order valence-electron chi connectivity index (χ2n) is 8.94. The number of benzene rings is 3. The van der Waals surface area contributed by atoms with E-state index in [0.29, 0.717) is 22.4 Å². The average molecular weight is 499 g/mol. The summed E-state index contributed by atoms with van der Waals surface area (Å²) in [6.07, 6.45) is 0.957. The highest BCUT2D eigenvalue weighted by atomic mass is 32.1. The Morgan fingerprint density at radius 1 is 1.00 bits per heavy atom. The molecular weight excluding hydrogens is 471 g/mol. The molecule has 1 atom stereocenters. The highest BCUT2D eigenvalue weighted by Gasteiger charge is 2.34. The summed E-state index contributed by atoms with van der Waals surface area (Å²) in [5, 5.41) is 8.22. The first-order valence-corrected chi connectivity index (χ1v) is 12.4. The van der Waals surface area contributed by atoms with Gasteiger partial charge in [-0.05, 0) is 49.7 Å². The molecule has 1 aliphatic heterocycles. The largest absolute Gasteiger partial charge is 0.351 e. The van der Waals surface area contributed by atoms with E-state index >= 15 is 0 Å². The van der Waals surface area contributed by atoms with Crippen LogP contribution in [0.2, 0.25) is 0 Å². The first kappa shape index (κ1) is 23.9. The summed E-state index contributed by atoms with van der Waals surface area (Å²) in [4.78, 5) is 6.64. The van der Waals surface area contributed by atoms with Crippen molar-refractivity contribution in [3.8, 4) is 11.4 Å². The average Bonchev–Trinajstić information content (AvgIpc) is 3.37. The third-order valence-electron chi connectivity index (χ3n) is 6.57. The molecule has 5 nitrogen and oxygen atoms in total. The van der Waals surface area contributed by atoms with Gasteiger partial charge in [0.2, 0.25) is 5.82 Å². The van der Waals surface area contributed by atoms with Crippen molar-refractivity contribution < 1.29 is 8.91 Å². The molecule has 36 heavy (non-hydrogen) atoms. The molecule has 1 aromatic heterocycles. The van der Waals surface area contributed by atoms with Crippen LogP contribution in [0.4, 0.5) is 4.39 Å². The molecule has 2 heterocycles. The topological polar surface area (TPSA) is 54.2 Å². The van der Waals surface area contributed by atoms with Crippen molar-refractivity contribution in [3.05, 3.63) is 112 Å². The van der Waals surface area contributed by atoms with Crippen LogP contribution in [0.3, 0.4) is 0 Å². The maximum absolute atomic E-state index is 14.5. The number of rotatable bonds is 6.